The highest BCUT2D eigenvalue weighted by molar-refractivity contribution is 7.89. The monoisotopic (exact) mass is 315 g/mol. The van der Waals surface area contributed by atoms with Gasteiger partial charge in [-0.25, -0.2) is 13.1 Å². The lowest BCUT2D eigenvalue weighted by Gasteiger charge is -2.23. The van der Waals surface area contributed by atoms with Gasteiger partial charge >= 0.3 is 0 Å². The molecule has 0 saturated heterocycles. The summed E-state index contributed by atoms with van der Waals surface area (Å²) in [6, 6.07) is 4.30. The Morgan fingerprint density at radius 1 is 1.38 bits per heavy atom. The van der Waals surface area contributed by atoms with E-state index >= 15 is 0 Å². The molecule has 0 atom stereocenters. The first-order valence-corrected chi connectivity index (χ1v) is 7.78. The first-order chi connectivity index (χ1) is 9.64. The van der Waals surface area contributed by atoms with E-state index in [1.165, 1.54) is 32.4 Å². The van der Waals surface area contributed by atoms with Crippen LogP contribution in [0, 0.1) is 5.41 Å². The van der Waals surface area contributed by atoms with Gasteiger partial charge in [0.2, 0.25) is 15.9 Å². The molecule has 1 aromatic rings. The number of nitrogens with two attached hydrogens (primary N) is 1. The van der Waals surface area contributed by atoms with E-state index in [-0.39, 0.29) is 23.0 Å². The van der Waals surface area contributed by atoms with Crippen LogP contribution < -0.4 is 20.5 Å². The van der Waals surface area contributed by atoms with Gasteiger partial charge in [-0.05, 0) is 26.0 Å². The second kappa shape index (κ2) is 6.31. The van der Waals surface area contributed by atoms with Crippen LogP contribution in [0.4, 0.5) is 5.69 Å². The number of carbonyl (C=O) groups excluding carboxylic acids is 1. The Hall–Kier alpha value is -1.80. The normalized spacial score (nSPS) is 12.0. The SMILES string of the molecule is CNC(=O)C(C)(C)CNS(=O)(=O)c1ccc(OC)cc1N. The fourth-order valence-electron chi connectivity index (χ4n) is 1.67. The van der Waals surface area contributed by atoms with Crippen LogP contribution in [0.5, 0.6) is 5.75 Å². The molecule has 0 fully saturated rings. The highest BCUT2D eigenvalue weighted by Gasteiger charge is 2.29. The zero-order chi connectivity index (χ0) is 16.3. The minimum atomic E-state index is -3.80. The van der Waals surface area contributed by atoms with E-state index in [2.05, 4.69) is 10.0 Å². The van der Waals surface area contributed by atoms with E-state index < -0.39 is 15.4 Å². The lowest BCUT2D eigenvalue weighted by atomic mass is 9.93. The van der Waals surface area contributed by atoms with Crippen molar-refractivity contribution in [2.24, 2.45) is 5.41 Å². The summed E-state index contributed by atoms with van der Waals surface area (Å²) in [5.41, 5.74) is 4.94. The summed E-state index contributed by atoms with van der Waals surface area (Å²) in [5, 5.41) is 2.49. The summed E-state index contributed by atoms with van der Waals surface area (Å²) in [6.07, 6.45) is 0. The molecule has 7 nitrogen and oxygen atoms in total. The quantitative estimate of drug-likeness (QED) is 0.655. The number of carbonyl (C=O) groups is 1. The van der Waals surface area contributed by atoms with Crippen molar-refractivity contribution in [3.8, 4) is 5.75 Å². The summed E-state index contributed by atoms with van der Waals surface area (Å²) in [6.45, 7) is 3.25. The van der Waals surface area contributed by atoms with Gasteiger partial charge in [-0.2, -0.15) is 0 Å². The third-order valence-corrected chi connectivity index (χ3v) is 4.53. The molecule has 118 valence electrons. The number of hydrogen-bond donors (Lipinski definition) is 3. The van der Waals surface area contributed by atoms with Crippen molar-refractivity contribution in [3.05, 3.63) is 18.2 Å². The Balaban J connectivity index is 2.95. The Kier molecular flexibility index (Phi) is 5.19. The Bertz CT molecular complexity index is 626. The molecule has 0 radical (unpaired) electrons. The first kappa shape index (κ1) is 17.3. The highest BCUT2D eigenvalue weighted by Crippen LogP contribution is 2.24. The fourth-order valence-corrected chi connectivity index (χ4v) is 2.99. The van der Waals surface area contributed by atoms with E-state index in [1.54, 1.807) is 13.8 Å². The van der Waals surface area contributed by atoms with Crippen LogP contribution in [-0.2, 0) is 14.8 Å². The van der Waals surface area contributed by atoms with Crippen LogP contribution in [0.3, 0.4) is 0 Å². The number of sulfonamides is 1. The van der Waals surface area contributed by atoms with Gasteiger partial charge in [-0.15, -0.1) is 0 Å². The number of amides is 1. The molecule has 0 spiro atoms. The summed E-state index contributed by atoms with van der Waals surface area (Å²) < 4.78 is 31.9. The standard InChI is InChI=1S/C13H21N3O4S/c1-13(2,12(17)15-3)8-16-21(18,19)11-6-5-9(20-4)7-10(11)14/h5-7,16H,8,14H2,1-4H3,(H,15,17). The van der Waals surface area contributed by atoms with Crippen molar-refractivity contribution >= 4 is 21.6 Å². The van der Waals surface area contributed by atoms with Crippen LogP contribution in [0.2, 0.25) is 0 Å². The maximum atomic E-state index is 12.2. The van der Waals surface area contributed by atoms with Gasteiger partial charge in [0.05, 0.1) is 18.2 Å². The third kappa shape index (κ3) is 4.08. The summed E-state index contributed by atoms with van der Waals surface area (Å²) >= 11 is 0. The predicted octanol–water partition coefficient (Wildman–Crippen LogP) is 0.328. The molecule has 1 rings (SSSR count). The van der Waals surface area contributed by atoms with Gasteiger partial charge in [0.1, 0.15) is 10.6 Å². The maximum absolute atomic E-state index is 12.2. The molecular weight excluding hydrogens is 294 g/mol. The maximum Gasteiger partial charge on any atom is 0.242 e. The van der Waals surface area contributed by atoms with Crippen LogP contribution in [0.25, 0.3) is 0 Å². The smallest absolute Gasteiger partial charge is 0.242 e. The van der Waals surface area contributed by atoms with Crippen molar-refractivity contribution < 1.29 is 17.9 Å². The van der Waals surface area contributed by atoms with Crippen molar-refractivity contribution in [3.63, 3.8) is 0 Å². The Morgan fingerprint density at radius 3 is 2.48 bits per heavy atom. The molecule has 0 saturated carbocycles. The molecule has 0 unspecified atom stereocenters. The van der Waals surface area contributed by atoms with Gasteiger partial charge in [0, 0.05) is 19.7 Å². The molecule has 0 aromatic heterocycles. The van der Waals surface area contributed by atoms with Crippen LogP contribution >= 0.6 is 0 Å². The van der Waals surface area contributed by atoms with Gasteiger partial charge in [0.15, 0.2) is 0 Å². The van der Waals surface area contributed by atoms with Crippen molar-refractivity contribution in [2.75, 3.05) is 26.4 Å². The number of ether oxygens (including phenoxy) is 1. The summed E-state index contributed by atoms with van der Waals surface area (Å²) in [7, 11) is -0.836. The zero-order valence-electron chi connectivity index (χ0n) is 12.6. The van der Waals surface area contributed by atoms with Crippen molar-refractivity contribution in [1.82, 2.24) is 10.0 Å². The molecule has 1 amide bonds. The lowest BCUT2D eigenvalue weighted by molar-refractivity contribution is -0.128. The van der Waals surface area contributed by atoms with Crippen molar-refractivity contribution in [2.45, 2.75) is 18.7 Å². The Labute approximate surface area is 124 Å². The zero-order valence-corrected chi connectivity index (χ0v) is 13.4. The molecule has 21 heavy (non-hydrogen) atoms. The minimum Gasteiger partial charge on any atom is -0.497 e. The molecule has 8 heteroatoms. The topological polar surface area (TPSA) is 111 Å². The van der Waals surface area contributed by atoms with E-state index in [4.69, 9.17) is 10.5 Å². The predicted molar refractivity (Wildman–Crippen MR) is 80.4 cm³/mol. The largest absolute Gasteiger partial charge is 0.497 e. The minimum absolute atomic E-state index is 0.0412. The van der Waals surface area contributed by atoms with Gasteiger partial charge < -0.3 is 15.8 Å². The average Bonchev–Trinajstić information content (AvgIpc) is 2.44. The van der Waals surface area contributed by atoms with E-state index in [9.17, 15) is 13.2 Å². The molecule has 1 aromatic carbocycles. The molecular formula is C13H21N3O4S. The summed E-state index contributed by atoms with van der Waals surface area (Å²) in [5.74, 6) is 0.213. The van der Waals surface area contributed by atoms with Crippen LogP contribution in [0.15, 0.2) is 23.1 Å². The molecule has 0 bridgehead atoms. The first-order valence-electron chi connectivity index (χ1n) is 6.29. The molecule has 4 N–H and O–H groups in total. The molecule has 0 aliphatic heterocycles. The van der Waals surface area contributed by atoms with E-state index in [1.807, 2.05) is 0 Å². The number of methoxy groups -OCH3 is 1. The van der Waals surface area contributed by atoms with E-state index in [0.29, 0.717) is 5.75 Å². The van der Waals surface area contributed by atoms with E-state index in [0.717, 1.165) is 0 Å². The second-order valence-electron chi connectivity index (χ2n) is 5.19. The van der Waals surface area contributed by atoms with Gasteiger partial charge in [-0.1, -0.05) is 0 Å². The van der Waals surface area contributed by atoms with Crippen molar-refractivity contribution in [1.29, 1.82) is 0 Å². The Morgan fingerprint density at radius 2 is 2.00 bits per heavy atom. The number of nitrogen functional groups attached to an aromatic ring is 1. The van der Waals surface area contributed by atoms with Gasteiger partial charge in [0.25, 0.3) is 0 Å². The molecule has 0 aliphatic carbocycles. The van der Waals surface area contributed by atoms with Crippen LogP contribution in [0.1, 0.15) is 13.8 Å². The number of hydrogen-bond acceptors (Lipinski definition) is 5. The lowest BCUT2D eigenvalue weighted by Crippen LogP contribution is -2.43. The third-order valence-electron chi connectivity index (χ3n) is 3.05. The second-order valence-corrected chi connectivity index (χ2v) is 6.93. The fraction of sp³-hybridized carbons (Fsp3) is 0.462. The number of anilines is 1. The van der Waals surface area contributed by atoms with Crippen LogP contribution in [-0.4, -0.2) is 35.0 Å². The number of nitrogens with one attached hydrogen (secondary N) is 2. The average molecular weight is 315 g/mol. The number of rotatable bonds is 6. The number of benzene rings is 1. The molecule has 0 heterocycles. The summed E-state index contributed by atoms with van der Waals surface area (Å²) in [4.78, 5) is 11.6. The molecule has 0 aliphatic rings. The highest BCUT2D eigenvalue weighted by atomic mass is 32.2. The van der Waals surface area contributed by atoms with Gasteiger partial charge in [-0.3, -0.25) is 4.79 Å².